The maximum atomic E-state index is 13.4. The molecule has 1 amide bonds. The molecule has 0 unspecified atom stereocenters. The predicted octanol–water partition coefficient (Wildman–Crippen LogP) is 3.43. The van der Waals surface area contributed by atoms with Crippen LogP contribution in [0, 0.1) is 10.8 Å². The van der Waals surface area contributed by atoms with Gasteiger partial charge in [0.05, 0.1) is 12.8 Å². The number of nitrogens with zero attached hydrogens (tertiary/aromatic N) is 2. The van der Waals surface area contributed by atoms with Gasteiger partial charge in [-0.15, -0.1) is 0 Å². The Labute approximate surface area is 196 Å². The maximum Gasteiger partial charge on any atom is 0.244 e. The summed E-state index contributed by atoms with van der Waals surface area (Å²) in [7, 11) is -3.76. The fourth-order valence-corrected chi connectivity index (χ4v) is 6.37. The van der Waals surface area contributed by atoms with Gasteiger partial charge >= 0.3 is 0 Å². The molecule has 0 saturated carbocycles. The van der Waals surface area contributed by atoms with Gasteiger partial charge in [0.25, 0.3) is 0 Å². The average Bonchev–Trinajstić information content (AvgIpc) is 2.76. The van der Waals surface area contributed by atoms with Gasteiger partial charge in [-0.1, -0.05) is 64.6 Å². The number of hydrogen-bond donors (Lipinski definition) is 1. The SMILES string of the molecule is C=CC(=O)NC1C(C)(C)CN(S(=O)(=O)c2ccc(OCCc3ccccc3)nc2)CC1(C)C. The number of ether oxygens (including phenoxy) is 1. The second kappa shape index (κ2) is 9.65. The number of piperidine rings is 1. The van der Waals surface area contributed by atoms with Crippen LogP contribution in [0.5, 0.6) is 5.88 Å². The van der Waals surface area contributed by atoms with Gasteiger partial charge in [-0.25, -0.2) is 13.4 Å². The van der Waals surface area contributed by atoms with E-state index < -0.39 is 20.9 Å². The van der Waals surface area contributed by atoms with Crippen LogP contribution >= 0.6 is 0 Å². The summed E-state index contributed by atoms with van der Waals surface area (Å²) in [5.41, 5.74) is 0.192. The lowest BCUT2D eigenvalue weighted by molar-refractivity contribution is -0.120. The molecule has 1 fully saturated rings. The van der Waals surface area contributed by atoms with Crippen LogP contribution in [-0.2, 0) is 21.2 Å². The molecule has 2 heterocycles. The molecule has 3 rings (SSSR count). The summed E-state index contributed by atoms with van der Waals surface area (Å²) in [5.74, 6) is 0.126. The molecule has 0 bridgehead atoms. The van der Waals surface area contributed by atoms with E-state index in [1.165, 1.54) is 22.6 Å². The van der Waals surface area contributed by atoms with E-state index >= 15 is 0 Å². The van der Waals surface area contributed by atoms with E-state index in [1.807, 2.05) is 58.0 Å². The van der Waals surface area contributed by atoms with Crippen molar-refractivity contribution >= 4 is 15.9 Å². The van der Waals surface area contributed by atoms with Crippen LogP contribution in [0.2, 0.25) is 0 Å². The number of aromatic nitrogens is 1. The smallest absolute Gasteiger partial charge is 0.244 e. The molecule has 1 aromatic carbocycles. The Balaban J connectivity index is 1.70. The third-order valence-electron chi connectivity index (χ3n) is 6.03. The van der Waals surface area contributed by atoms with Crippen LogP contribution in [0.1, 0.15) is 33.3 Å². The summed E-state index contributed by atoms with van der Waals surface area (Å²) < 4.78 is 34.0. The average molecular weight is 472 g/mol. The van der Waals surface area contributed by atoms with Crippen LogP contribution in [-0.4, -0.2) is 49.4 Å². The van der Waals surface area contributed by atoms with E-state index in [0.717, 1.165) is 12.0 Å². The minimum absolute atomic E-state index is 0.123. The first-order valence-electron chi connectivity index (χ1n) is 11.0. The number of carbonyl (C=O) groups is 1. The molecule has 8 heteroatoms. The van der Waals surface area contributed by atoms with Gasteiger partial charge in [-0.05, 0) is 28.5 Å². The van der Waals surface area contributed by atoms with Gasteiger partial charge in [0, 0.05) is 31.6 Å². The molecule has 7 nitrogen and oxygen atoms in total. The zero-order valence-corrected chi connectivity index (χ0v) is 20.6. The van der Waals surface area contributed by atoms with Crippen LogP contribution in [0.4, 0.5) is 0 Å². The highest BCUT2D eigenvalue weighted by atomic mass is 32.2. The molecule has 0 atom stereocenters. The Bertz CT molecular complexity index is 1060. The first-order chi connectivity index (χ1) is 15.5. The Hall–Kier alpha value is -2.71. The molecule has 0 radical (unpaired) electrons. The summed E-state index contributed by atoms with van der Waals surface area (Å²) in [6.45, 7) is 12.4. The zero-order valence-electron chi connectivity index (χ0n) is 19.7. The van der Waals surface area contributed by atoms with Crippen molar-refractivity contribution in [1.29, 1.82) is 0 Å². The Kier molecular flexibility index (Phi) is 7.29. The van der Waals surface area contributed by atoms with Crippen molar-refractivity contribution in [3.63, 3.8) is 0 Å². The van der Waals surface area contributed by atoms with Gasteiger partial charge in [-0.3, -0.25) is 4.79 Å². The van der Waals surface area contributed by atoms with Crippen LogP contribution in [0.15, 0.2) is 66.2 Å². The summed E-state index contributed by atoms with van der Waals surface area (Å²) in [4.78, 5) is 16.3. The molecule has 2 aromatic rings. The quantitative estimate of drug-likeness (QED) is 0.596. The Morgan fingerprint density at radius 2 is 1.79 bits per heavy atom. The summed E-state index contributed by atoms with van der Waals surface area (Å²) in [6.07, 6.45) is 3.33. The highest BCUT2D eigenvalue weighted by Crippen LogP contribution is 2.42. The molecule has 1 N–H and O–H groups in total. The van der Waals surface area contributed by atoms with E-state index in [9.17, 15) is 13.2 Å². The fraction of sp³-hybridized carbons (Fsp3) is 0.440. The van der Waals surface area contributed by atoms with Crippen molar-refractivity contribution in [2.75, 3.05) is 19.7 Å². The Morgan fingerprint density at radius 3 is 2.33 bits per heavy atom. The molecule has 0 spiro atoms. The van der Waals surface area contributed by atoms with Gasteiger partial charge < -0.3 is 10.1 Å². The summed E-state index contributed by atoms with van der Waals surface area (Å²) in [6, 6.07) is 12.9. The summed E-state index contributed by atoms with van der Waals surface area (Å²) >= 11 is 0. The number of carbonyl (C=O) groups excluding carboxylic acids is 1. The van der Waals surface area contributed by atoms with E-state index in [2.05, 4.69) is 16.9 Å². The largest absolute Gasteiger partial charge is 0.477 e. The van der Waals surface area contributed by atoms with E-state index in [0.29, 0.717) is 12.5 Å². The molecular formula is C25H33N3O4S. The second-order valence-corrected chi connectivity index (χ2v) is 11.8. The van der Waals surface area contributed by atoms with E-state index in [-0.39, 0.29) is 29.9 Å². The molecule has 1 saturated heterocycles. The normalized spacial score (nSPS) is 18.4. The van der Waals surface area contributed by atoms with Crippen molar-refractivity contribution in [2.24, 2.45) is 10.8 Å². The predicted molar refractivity (Wildman–Crippen MR) is 128 cm³/mol. The minimum atomic E-state index is -3.76. The third kappa shape index (κ3) is 5.81. The van der Waals surface area contributed by atoms with Gasteiger partial charge in [-0.2, -0.15) is 4.31 Å². The van der Waals surface area contributed by atoms with Crippen molar-refractivity contribution in [1.82, 2.24) is 14.6 Å². The monoisotopic (exact) mass is 471 g/mol. The van der Waals surface area contributed by atoms with Crippen LogP contribution in [0.3, 0.4) is 0 Å². The van der Waals surface area contributed by atoms with Crippen LogP contribution in [0.25, 0.3) is 0 Å². The van der Waals surface area contributed by atoms with Gasteiger partial charge in [0.2, 0.25) is 21.8 Å². The number of pyridine rings is 1. The molecule has 0 aliphatic carbocycles. The number of hydrogen-bond acceptors (Lipinski definition) is 5. The Morgan fingerprint density at radius 1 is 1.15 bits per heavy atom. The standard InChI is InChI=1S/C25H33N3O4S/c1-6-21(29)27-23-24(2,3)17-28(18-25(23,4)5)33(30,31)20-12-13-22(26-16-20)32-15-14-19-10-8-7-9-11-19/h6-13,16,23H,1,14-15,17-18H2,2-5H3,(H,27,29). The highest BCUT2D eigenvalue weighted by Gasteiger charge is 2.50. The number of benzene rings is 1. The third-order valence-corrected chi connectivity index (χ3v) is 7.81. The fourth-order valence-electron chi connectivity index (χ4n) is 4.64. The number of sulfonamides is 1. The number of nitrogens with one attached hydrogen (secondary N) is 1. The van der Waals surface area contributed by atoms with Crippen molar-refractivity contribution in [2.45, 2.75) is 45.1 Å². The highest BCUT2D eigenvalue weighted by molar-refractivity contribution is 7.89. The zero-order chi connectivity index (χ0) is 24.3. The lowest BCUT2D eigenvalue weighted by Crippen LogP contribution is -2.64. The summed E-state index contributed by atoms with van der Waals surface area (Å²) in [5, 5.41) is 2.99. The topological polar surface area (TPSA) is 88.6 Å². The van der Waals surface area contributed by atoms with Crippen LogP contribution < -0.4 is 10.1 Å². The molecular weight excluding hydrogens is 438 g/mol. The van der Waals surface area contributed by atoms with E-state index in [4.69, 9.17) is 4.74 Å². The lowest BCUT2D eigenvalue weighted by atomic mass is 9.67. The van der Waals surface area contributed by atoms with Crippen molar-refractivity contribution in [3.05, 3.63) is 66.9 Å². The van der Waals surface area contributed by atoms with Gasteiger partial charge in [0.15, 0.2) is 0 Å². The first-order valence-corrected chi connectivity index (χ1v) is 12.5. The molecule has 1 aliphatic rings. The van der Waals surface area contributed by atoms with Gasteiger partial charge in [0.1, 0.15) is 4.90 Å². The molecule has 1 aromatic heterocycles. The second-order valence-electron chi connectivity index (χ2n) is 9.81. The van der Waals surface area contributed by atoms with E-state index in [1.54, 1.807) is 6.07 Å². The molecule has 178 valence electrons. The van der Waals surface area contributed by atoms with Crippen molar-refractivity contribution < 1.29 is 17.9 Å². The molecule has 33 heavy (non-hydrogen) atoms. The number of amides is 1. The lowest BCUT2D eigenvalue weighted by Gasteiger charge is -2.52. The minimum Gasteiger partial charge on any atom is -0.477 e. The number of rotatable bonds is 8. The maximum absolute atomic E-state index is 13.4. The van der Waals surface area contributed by atoms with Crippen molar-refractivity contribution in [3.8, 4) is 5.88 Å². The molecule has 1 aliphatic heterocycles. The first kappa shape index (κ1) is 24.9.